The van der Waals surface area contributed by atoms with Crippen molar-refractivity contribution in [1.82, 2.24) is 15.0 Å². The summed E-state index contributed by atoms with van der Waals surface area (Å²) in [6.07, 6.45) is 3.38. The molecule has 1 amide bonds. The zero-order chi connectivity index (χ0) is 18.6. The third-order valence-electron chi connectivity index (χ3n) is 3.77. The van der Waals surface area contributed by atoms with Gasteiger partial charge in [-0.3, -0.25) is 10.1 Å². The fourth-order valence-electron chi connectivity index (χ4n) is 2.48. The Kier molecular flexibility index (Phi) is 4.63. The van der Waals surface area contributed by atoms with Crippen LogP contribution >= 0.6 is 11.3 Å². The highest BCUT2D eigenvalue weighted by molar-refractivity contribution is 7.22. The number of rotatable bonds is 5. The predicted octanol–water partition coefficient (Wildman–Crippen LogP) is 3.48. The second-order valence-electron chi connectivity index (χ2n) is 5.63. The molecule has 0 aliphatic heterocycles. The lowest BCUT2D eigenvalue weighted by molar-refractivity contribution is -0.119. The summed E-state index contributed by atoms with van der Waals surface area (Å²) in [5, 5.41) is 3.12. The van der Waals surface area contributed by atoms with Gasteiger partial charge in [0, 0.05) is 18.0 Å². The number of esters is 1. The number of H-pyrrole nitrogens is 1. The normalized spacial score (nSPS) is 10.7. The molecule has 7 nitrogen and oxygen atoms in total. The Morgan fingerprint density at radius 3 is 2.67 bits per heavy atom. The number of fused-ring (bicyclic) bond motifs is 1. The number of nitrogens with zero attached hydrogens (tertiary/aromatic N) is 2. The molecule has 0 saturated heterocycles. The number of aromatic amines is 1. The summed E-state index contributed by atoms with van der Waals surface area (Å²) in [6.45, 7) is -0.380. The molecule has 2 aromatic heterocycles. The average Bonchev–Trinajstić information content (AvgIpc) is 3.35. The Morgan fingerprint density at radius 2 is 1.93 bits per heavy atom. The number of aromatic nitrogens is 3. The number of imidazole rings is 1. The molecule has 4 aromatic rings. The number of para-hydroxylation sites is 1. The Hall–Kier alpha value is -3.52. The van der Waals surface area contributed by atoms with Crippen molar-refractivity contribution < 1.29 is 14.3 Å². The smallest absolute Gasteiger partial charge is 0.338 e. The topological polar surface area (TPSA) is 97.0 Å². The first kappa shape index (κ1) is 16.9. The van der Waals surface area contributed by atoms with Crippen molar-refractivity contribution in [1.29, 1.82) is 0 Å². The third kappa shape index (κ3) is 3.85. The van der Waals surface area contributed by atoms with Gasteiger partial charge >= 0.3 is 5.97 Å². The van der Waals surface area contributed by atoms with Crippen molar-refractivity contribution in [3.63, 3.8) is 0 Å². The van der Waals surface area contributed by atoms with E-state index in [1.165, 1.54) is 11.3 Å². The van der Waals surface area contributed by atoms with Gasteiger partial charge in [0.15, 0.2) is 11.7 Å². The molecule has 2 N–H and O–H groups in total. The molecule has 4 rings (SSSR count). The highest BCUT2D eigenvalue weighted by Gasteiger charge is 2.12. The van der Waals surface area contributed by atoms with Gasteiger partial charge in [-0.2, -0.15) is 0 Å². The standard InChI is InChI=1S/C19H14N4O3S/c24-16(23-19-22-14-3-1-2-4-15(14)27-19)11-26-18(25)13-7-5-12(6-8-13)17-20-9-10-21-17/h1-10H,11H2,(H,20,21)(H,22,23,24). The minimum absolute atomic E-state index is 0.359. The van der Waals surface area contributed by atoms with Gasteiger partial charge in [0.1, 0.15) is 5.82 Å². The van der Waals surface area contributed by atoms with Crippen molar-refractivity contribution in [2.24, 2.45) is 0 Å². The van der Waals surface area contributed by atoms with Crippen LogP contribution in [0.2, 0.25) is 0 Å². The van der Waals surface area contributed by atoms with Crippen LogP contribution in [0, 0.1) is 0 Å². The zero-order valence-corrected chi connectivity index (χ0v) is 14.8. The highest BCUT2D eigenvalue weighted by Crippen LogP contribution is 2.25. The minimum Gasteiger partial charge on any atom is -0.452 e. The lowest BCUT2D eigenvalue weighted by Gasteiger charge is -2.05. The SMILES string of the molecule is O=C(COC(=O)c1ccc(-c2ncc[nH]2)cc1)Nc1nc2ccccc2s1. The molecule has 0 unspecified atom stereocenters. The molecule has 0 bridgehead atoms. The Balaban J connectivity index is 1.33. The number of nitrogens with one attached hydrogen (secondary N) is 2. The van der Waals surface area contributed by atoms with Crippen LogP contribution in [0.15, 0.2) is 60.9 Å². The number of ether oxygens (including phenoxy) is 1. The van der Waals surface area contributed by atoms with Crippen LogP contribution in [-0.4, -0.2) is 33.4 Å². The quantitative estimate of drug-likeness (QED) is 0.518. The van der Waals surface area contributed by atoms with Crippen LogP contribution in [0.4, 0.5) is 5.13 Å². The number of benzene rings is 2. The molecule has 0 spiro atoms. The Bertz CT molecular complexity index is 1050. The first-order valence-corrected chi connectivity index (χ1v) is 8.93. The number of carbonyl (C=O) groups is 2. The van der Waals surface area contributed by atoms with Crippen LogP contribution in [-0.2, 0) is 9.53 Å². The van der Waals surface area contributed by atoms with E-state index >= 15 is 0 Å². The maximum absolute atomic E-state index is 12.1. The molecule has 27 heavy (non-hydrogen) atoms. The van der Waals surface area contributed by atoms with Crippen molar-refractivity contribution >= 4 is 38.6 Å². The second-order valence-corrected chi connectivity index (χ2v) is 6.66. The summed E-state index contributed by atoms with van der Waals surface area (Å²) in [5.74, 6) is -0.291. The monoisotopic (exact) mass is 378 g/mol. The van der Waals surface area contributed by atoms with Gasteiger partial charge in [0.05, 0.1) is 15.8 Å². The fraction of sp³-hybridized carbons (Fsp3) is 0.0526. The molecule has 2 aromatic carbocycles. The predicted molar refractivity (Wildman–Crippen MR) is 103 cm³/mol. The van der Waals surface area contributed by atoms with Gasteiger partial charge in [-0.15, -0.1) is 0 Å². The summed E-state index contributed by atoms with van der Waals surface area (Å²) in [4.78, 5) is 35.5. The van der Waals surface area contributed by atoms with E-state index in [0.717, 1.165) is 15.8 Å². The number of thiazole rings is 1. The molecule has 0 aliphatic rings. The van der Waals surface area contributed by atoms with Crippen LogP contribution in [0.5, 0.6) is 0 Å². The maximum atomic E-state index is 12.1. The van der Waals surface area contributed by atoms with E-state index in [0.29, 0.717) is 16.5 Å². The first-order chi connectivity index (χ1) is 13.2. The van der Waals surface area contributed by atoms with Gasteiger partial charge in [0.25, 0.3) is 5.91 Å². The van der Waals surface area contributed by atoms with Crippen molar-refractivity contribution in [3.8, 4) is 11.4 Å². The Morgan fingerprint density at radius 1 is 1.11 bits per heavy atom. The van der Waals surface area contributed by atoms with Crippen molar-refractivity contribution in [2.75, 3.05) is 11.9 Å². The maximum Gasteiger partial charge on any atom is 0.338 e. The zero-order valence-electron chi connectivity index (χ0n) is 14.0. The number of carbonyl (C=O) groups excluding carboxylic acids is 2. The second kappa shape index (κ2) is 7.38. The third-order valence-corrected chi connectivity index (χ3v) is 4.72. The van der Waals surface area contributed by atoms with Crippen LogP contribution in [0.1, 0.15) is 10.4 Å². The molecular weight excluding hydrogens is 364 g/mol. The molecule has 0 radical (unpaired) electrons. The lowest BCUT2D eigenvalue weighted by atomic mass is 10.1. The fourth-order valence-corrected chi connectivity index (χ4v) is 3.36. The van der Waals surface area contributed by atoms with E-state index in [1.54, 1.807) is 36.7 Å². The first-order valence-electron chi connectivity index (χ1n) is 8.11. The van der Waals surface area contributed by atoms with E-state index in [4.69, 9.17) is 4.74 Å². The Labute approximate surface area is 158 Å². The van der Waals surface area contributed by atoms with E-state index in [2.05, 4.69) is 20.3 Å². The van der Waals surface area contributed by atoms with Gasteiger partial charge in [-0.1, -0.05) is 35.6 Å². The van der Waals surface area contributed by atoms with Crippen molar-refractivity contribution in [3.05, 3.63) is 66.5 Å². The molecule has 0 atom stereocenters. The number of anilines is 1. The van der Waals surface area contributed by atoms with Gasteiger partial charge in [-0.25, -0.2) is 14.8 Å². The summed E-state index contributed by atoms with van der Waals surface area (Å²) in [5.41, 5.74) is 2.02. The van der Waals surface area contributed by atoms with E-state index < -0.39 is 11.9 Å². The van der Waals surface area contributed by atoms with E-state index in [1.807, 2.05) is 24.3 Å². The van der Waals surface area contributed by atoms with Gasteiger partial charge in [0.2, 0.25) is 0 Å². The van der Waals surface area contributed by atoms with E-state index in [-0.39, 0.29) is 6.61 Å². The summed E-state index contributed by atoms with van der Waals surface area (Å²) in [7, 11) is 0. The number of hydrogen-bond donors (Lipinski definition) is 2. The highest BCUT2D eigenvalue weighted by atomic mass is 32.1. The number of hydrogen-bond acceptors (Lipinski definition) is 6. The summed E-state index contributed by atoms with van der Waals surface area (Å²) < 4.78 is 6.04. The minimum atomic E-state index is -0.569. The van der Waals surface area contributed by atoms with Gasteiger partial charge in [-0.05, 0) is 24.3 Å². The largest absolute Gasteiger partial charge is 0.452 e. The molecule has 134 valence electrons. The van der Waals surface area contributed by atoms with Crippen LogP contribution in [0.3, 0.4) is 0 Å². The van der Waals surface area contributed by atoms with Gasteiger partial charge < -0.3 is 9.72 Å². The summed E-state index contributed by atoms with van der Waals surface area (Å²) >= 11 is 1.36. The molecule has 0 fully saturated rings. The average molecular weight is 378 g/mol. The lowest BCUT2D eigenvalue weighted by Crippen LogP contribution is -2.20. The molecule has 0 aliphatic carbocycles. The van der Waals surface area contributed by atoms with E-state index in [9.17, 15) is 9.59 Å². The molecule has 2 heterocycles. The number of amides is 1. The summed E-state index contributed by atoms with van der Waals surface area (Å²) in [6, 6.07) is 14.4. The van der Waals surface area contributed by atoms with Crippen LogP contribution < -0.4 is 5.32 Å². The van der Waals surface area contributed by atoms with Crippen LogP contribution in [0.25, 0.3) is 21.6 Å². The molecule has 8 heteroatoms. The molecular formula is C19H14N4O3S. The molecule has 0 saturated carbocycles. The van der Waals surface area contributed by atoms with Crippen molar-refractivity contribution in [2.45, 2.75) is 0 Å².